The van der Waals surface area contributed by atoms with E-state index in [1.807, 2.05) is 0 Å². The molecule has 10 aromatic carbocycles. The zero-order valence-electron chi connectivity index (χ0n) is 33.0. The maximum atomic E-state index is 2.46. The van der Waals surface area contributed by atoms with E-state index >= 15 is 0 Å². The molecule has 11 rings (SSSR count). The molecule has 0 saturated carbocycles. The van der Waals surface area contributed by atoms with E-state index in [1.165, 1.54) is 71.6 Å². The molecule has 60 heavy (non-hydrogen) atoms. The predicted octanol–water partition coefficient (Wildman–Crippen LogP) is 16.1. The van der Waals surface area contributed by atoms with Gasteiger partial charge < -0.3 is 9.47 Å². The van der Waals surface area contributed by atoms with Crippen molar-refractivity contribution in [1.29, 1.82) is 0 Å². The summed E-state index contributed by atoms with van der Waals surface area (Å²) in [5.41, 5.74) is 16.3. The van der Waals surface area contributed by atoms with Crippen LogP contribution in [0.15, 0.2) is 243 Å². The number of anilines is 3. The fourth-order valence-electron chi connectivity index (χ4n) is 8.99. The van der Waals surface area contributed by atoms with Crippen LogP contribution in [-0.2, 0) is 0 Å². The van der Waals surface area contributed by atoms with Gasteiger partial charge in [-0.2, -0.15) is 0 Å². The van der Waals surface area contributed by atoms with E-state index in [4.69, 9.17) is 0 Å². The number of rotatable bonds is 8. The molecule has 0 amide bonds. The largest absolute Gasteiger partial charge is 0.310 e. The quantitative estimate of drug-likeness (QED) is 0.150. The van der Waals surface area contributed by atoms with Crippen LogP contribution in [0.5, 0.6) is 0 Å². The first-order valence-electron chi connectivity index (χ1n) is 20.6. The van der Waals surface area contributed by atoms with Gasteiger partial charge in [-0.3, -0.25) is 0 Å². The Labute approximate surface area is 350 Å². The van der Waals surface area contributed by atoms with Gasteiger partial charge in [-0.15, -0.1) is 0 Å². The second kappa shape index (κ2) is 15.1. The van der Waals surface area contributed by atoms with Crippen LogP contribution in [0.2, 0.25) is 0 Å². The Balaban J connectivity index is 1.11. The van der Waals surface area contributed by atoms with Crippen LogP contribution >= 0.6 is 0 Å². The van der Waals surface area contributed by atoms with E-state index in [9.17, 15) is 0 Å². The lowest BCUT2D eigenvalue weighted by Gasteiger charge is -2.27. The van der Waals surface area contributed by atoms with Gasteiger partial charge in [-0.05, 0) is 98.2 Å². The number of hydrogen-bond acceptors (Lipinski definition) is 1. The predicted molar refractivity (Wildman–Crippen MR) is 255 cm³/mol. The van der Waals surface area contributed by atoms with E-state index in [1.54, 1.807) is 0 Å². The van der Waals surface area contributed by atoms with Crippen molar-refractivity contribution >= 4 is 49.6 Å². The zero-order valence-corrected chi connectivity index (χ0v) is 33.0. The molecule has 0 atom stereocenters. The van der Waals surface area contributed by atoms with Gasteiger partial charge in [0.15, 0.2) is 0 Å². The second-order valence-corrected chi connectivity index (χ2v) is 15.3. The highest BCUT2D eigenvalue weighted by Crippen LogP contribution is 2.44. The van der Waals surface area contributed by atoms with Crippen LogP contribution in [-0.4, -0.2) is 4.57 Å². The van der Waals surface area contributed by atoms with Crippen LogP contribution in [0.4, 0.5) is 17.1 Å². The van der Waals surface area contributed by atoms with Gasteiger partial charge in [0.05, 0.1) is 16.7 Å². The number of fused-ring (bicyclic) bond motifs is 4. The SMILES string of the molecule is c1ccc(-c2ccc(-c3ccccc3-n3c4ccccc4c4ccc(N(c5ccccc5)c5ccc(-c6cccc7ccccc67)c(-c6ccccc6)c5)cc43)cc2)cc1. The van der Waals surface area contributed by atoms with Crippen LogP contribution in [0.1, 0.15) is 0 Å². The molecular weight excluding hydrogens is 725 g/mol. The van der Waals surface area contributed by atoms with Crippen molar-refractivity contribution in [2.45, 2.75) is 0 Å². The van der Waals surface area contributed by atoms with Gasteiger partial charge in [-0.1, -0.05) is 194 Å². The van der Waals surface area contributed by atoms with E-state index in [2.05, 4.69) is 252 Å². The maximum absolute atomic E-state index is 2.46. The molecule has 0 unspecified atom stereocenters. The van der Waals surface area contributed by atoms with Gasteiger partial charge >= 0.3 is 0 Å². The average Bonchev–Trinajstić information content (AvgIpc) is 3.66. The van der Waals surface area contributed by atoms with Crippen molar-refractivity contribution in [3.05, 3.63) is 243 Å². The smallest absolute Gasteiger partial charge is 0.0562 e. The minimum Gasteiger partial charge on any atom is -0.310 e. The van der Waals surface area contributed by atoms with E-state index < -0.39 is 0 Å². The monoisotopic (exact) mass is 764 g/mol. The molecule has 0 saturated heterocycles. The minimum atomic E-state index is 1.08. The molecule has 1 aromatic heterocycles. The molecule has 0 fully saturated rings. The number of benzene rings is 10. The molecule has 0 radical (unpaired) electrons. The molecule has 0 aliphatic heterocycles. The summed E-state index contributed by atoms with van der Waals surface area (Å²) in [6, 6.07) is 87.9. The highest BCUT2D eigenvalue weighted by atomic mass is 15.1. The molecular formula is C58H40N2. The Kier molecular flexibility index (Phi) is 8.87. The number of para-hydroxylation sites is 3. The van der Waals surface area contributed by atoms with E-state index in [0.29, 0.717) is 0 Å². The van der Waals surface area contributed by atoms with Gasteiger partial charge in [-0.25, -0.2) is 0 Å². The van der Waals surface area contributed by atoms with Crippen LogP contribution in [0, 0.1) is 0 Å². The fraction of sp³-hybridized carbons (Fsp3) is 0. The third-order valence-corrected chi connectivity index (χ3v) is 11.8. The lowest BCUT2D eigenvalue weighted by Crippen LogP contribution is -2.10. The zero-order chi connectivity index (χ0) is 39.8. The summed E-state index contributed by atoms with van der Waals surface area (Å²) >= 11 is 0. The first-order valence-corrected chi connectivity index (χ1v) is 20.6. The number of nitrogens with zero attached hydrogens (tertiary/aromatic N) is 2. The third kappa shape index (κ3) is 6.23. The summed E-state index contributed by atoms with van der Waals surface area (Å²) in [4.78, 5) is 2.40. The van der Waals surface area contributed by atoms with Crippen molar-refractivity contribution < 1.29 is 0 Å². The molecule has 11 aromatic rings. The van der Waals surface area contributed by atoms with Gasteiger partial charge in [0.1, 0.15) is 0 Å². The normalized spacial score (nSPS) is 11.3. The molecule has 2 nitrogen and oxygen atoms in total. The van der Waals surface area contributed by atoms with Crippen LogP contribution in [0.25, 0.3) is 82.8 Å². The Morgan fingerprint density at radius 3 is 1.60 bits per heavy atom. The molecule has 0 N–H and O–H groups in total. The molecule has 0 bridgehead atoms. The molecule has 0 spiro atoms. The first kappa shape index (κ1) is 35.2. The van der Waals surface area contributed by atoms with Crippen molar-refractivity contribution in [1.82, 2.24) is 4.57 Å². The summed E-state index contributed by atoms with van der Waals surface area (Å²) < 4.78 is 2.46. The summed E-state index contributed by atoms with van der Waals surface area (Å²) in [6.45, 7) is 0. The van der Waals surface area contributed by atoms with Crippen molar-refractivity contribution in [2.24, 2.45) is 0 Å². The average molecular weight is 765 g/mol. The molecule has 2 heteroatoms. The van der Waals surface area contributed by atoms with Crippen molar-refractivity contribution in [3.8, 4) is 50.2 Å². The number of hydrogen-bond donors (Lipinski definition) is 0. The lowest BCUT2D eigenvalue weighted by atomic mass is 9.91. The fourth-order valence-corrected chi connectivity index (χ4v) is 8.99. The first-order chi connectivity index (χ1) is 29.8. The van der Waals surface area contributed by atoms with Crippen LogP contribution in [0.3, 0.4) is 0 Å². The third-order valence-electron chi connectivity index (χ3n) is 11.8. The molecule has 282 valence electrons. The molecule has 0 aliphatic carbocycles. The standard InChI is InChI=1S/C58H40N2/c1-4-17-41(18-5-1)42-31-33-45(34-32-42)50-26-12-14-29-56(50)60-57-30-15-13-27-53(57)54-38-36-48(40-58(54)60)59(46-23-8-3-9-24-46)47-35-37-52(55(39-47)44-19-6-2-7-20-44)51-28-16-22-43-21-10-11-25-49(43)51/h1-40H. The van der Waals surface area contributed by atoms with Gasteiger partial charge in [0.2, 0.25) is 0 Å². The topological polar surface area (TPSA) is 8.17 Å². The van der Waals surface area contributed by atoms with Crippen molar-refractivity contribution in [3.63, 3.8) is 0 Å². The molecule has 1 heterocycles. The summed E-state index contributed by atoms with van der Waals surface area (Å²) in [6.07, 6.45) is 0. The number of aromatic nitrogens is 1. The van der Waals surface area contributed by atoms with E-state index in [-0.39, 0.29) is 0 Å². The highest BCUT2D eigenvalue weighted by Gasteiger charge is 2.21. The Hall–Kier alpha value is -7.94. The lowest BCUT2D eigenvalue weighted by molar-refractivity contribution is 1.18. The second-order valence-electron chi connectivity index (χ2n) is 15.3. The van der Waals surface area contributed by atoms with Crippen molar-refractivity contribution in [2.75, 3.05) is 4.90 Å². The highest BCUT2D eigenvalue weighted by molar-refractivity contribution is 6.11. The maximum Gasteiger partial charge on any atom is 0.0562 e. The Bertz CT molecular complexity index is 3290. The van der Waals surface area contributed by atoms with Gasteiger partial charge in [0.25, 0.3) is 0 Å². The minimum absolute atomic E-state index is 1.08. The van der Waals surface area contributed by atoms with Crippen LogP contribution < -0.4 is 4.90 Å². The summed E-state index contributed by atoms with van der Waals surface area (Å²) in [5, 5.41) is 4.92. The molecule has 0 aliphatic rings. The van der Waals surface area contributed by atoms with Gasteiger partial charge in [0, 0.05) is 33.4 Å². The van der Waals surface area contributed by atoms with E-state index in [0.717, 1.165) is 28.3 Å². The Morgan fingerprint density at radius 2 is 0.800 bits per heavy atom. The summed E-state index contributed by atoms with van der Waals surface area (Å²) in [7, 11) is 0. The summed E-state index contributed by atoms with van der Waals surface area (Å²) in [5.74, 6) is 0. The Morgan fingerprint density at radius 1 is 0.267 bits per heavy atom.